The van der Waals surface area contributed by atoms with Gasteiger partial charge in [0.2, 0.25) is 5.91 Å². The zero-order chi connectivity index (χ0) is 15.1. The molecule has 1 aromatic carbocycles. The van der Waals surface area contributed by atoms with Crippen LogP contribution in [-0.2, 0) is 11.2 Å². The van der Waals surface area contributed by atoms with E-state index >= 15 is 0 Å². The fourth-order valence-electron chi connectivity index (χ4n) is 2.41. The van der Waals surface area contributed by atoms with Gasteiger partial charge in [0, 0.05) is 11.8 Å². The number of amides is 1. The first-order valence-corrected chi connectivity index (χ1v) is 8.25. The summed E-state index contributed by atoms with van der Waals surface area (Å²) in [5.74, 6) is 1.24. The molecule has 2 rings (SSSR count). The van der Waals surface area contributed by atoms with Gasteiger partial charge in [0.1, 0.15) is 5.92 Å². The summed E-state index contributed by atoms with van der Waals surface area (Å²) in [6.07, 6.45) is 2.54. The Kier molecular flexibility index (Phi) is 5.92. The predicted octanol–water partition coefficient (Wildman–Crippen LogP) is 1.60. The van der Waals surface area contributed by atoms with Gasteiger partial charge in [-0.25, -0.2) is 0 Å². The van der Waals surface area contributed by atoms with Crippen molar-refractivity contribution in [2.24, 2.45) is 16.8 Å². The highest BCUT2D eigenvalue weighted by Gasteiger charge is 2.26. The average molecular weight is 307 g/mol. The number of nitrogens with two attached hydrogens (primary N) is 1. The molecule has 0 radical (unpaired) electrons. The normalized spacial score (nSPS) is 20.8. The first-order valence-electron chi connectivity index (χ1n) is 7.10. The Bertz CT molecular complexity index is 487. The van der Waals surface area contributed by atoms with Crippen LogP contribution in [0.4, 0.5) is 0 Å². The van der Waals surface area contributed by atoms with E-state index < -0.39 is 5.92 Å². The van der Waals surface area contributed by atoms with Crippen molar-refractivity contribution >= 4 is 23.5 Å². The zero-order valence-electron chi connectivity index (χ0n) is 11.9. The van der Waals surface area contributed by atoms with Gasteiger partial charge in [-0.05, 0) is 30.6 Å². The fourth-order valence-corrected chi connectivity index (χ4v) is 3.48. The minimum Gasteiger partial charge on any atom is -0.409 e. The molecular weight excluding hydrogens is 286 g/mol. The van der Waals surface area contributed by atoms with E-state index in [4.69, 9.17) is 10.9 Å². The summed E-state index contributed by atoms with van der Waals surface area (Å²) in [4.78, 5) is 12.4. The van der Waals surface area contributed by atoms with Gasteiger partial charge < -0.3 is 16.3 Å². The van der Waals surface area contributed by atoms with Crippen molar-refractivity contribution in [1.82, 2.24) is 5.32 Å². The third-order valence-corrected chi connectivity index (χ3v) is 4.79. The lowest BCUT2D eigenvalue weighted by Gasteiger charge is -2.25. The van der Waals surface area contributed by atoms with Crippen LogP contribution < -0.4 is 11.1 Å². The van der Waals surface area contributed by atoms with Crippen LogP contribution in [0.2, 0.25) is 0 Å². The largest absolute Gasteiger partial charge is 0.409 e. The maximum atomic E-state index is 12.4. The molecule has 1 aliphatic rings. The molecule has 21 heavy (non-hydrogen) atoms. The molecule has 2 atom stereocenters. The molecule has 0 spiro atoms. The number of nitrogens with zero attached hydrogens (tertiary/aromatic N) is 1. The lowest BCUT2D eigenvalue weighted by atomic mass is 9.97. The number of thioether (sulfide) groups is 1. The number of oxime groups is 1. The number of nitrogens with one attached hydrogen (secondary N) is 1. The van der Waals surface area contributed by atoms with Gasteiger partial charge in [0.05, 0.1) is 0 Å². The smallest absolute Gasteiger partial charge is 0.231 e. The molecule has 2 unspecified atom stereocenters. The molecule has 1 aliphatic heterocycles. The second-order valence-corrected chi connectivity index (χ2v) is 6.34. The van der Waals surface area contributed by atoms with E-state index in [2.05, 4.69) is 10.5 Å². The molecule has 6 heteroatoms. The van der Waals surface area contributed by atoms with Crippen LogP contribution in [0.5, 0.6) is 0 Å². The Morgan fingerprint density at radius 3 is 2.86 bits per heavy atom. The summed E-state index contributed by atoms with van der Waals surface area (Å²) in [5.41, 5.74) is 6.69. The number of amidine groups is 1. The molecule has 114 valence electrons. The van der Waals surface area contributed by atoms with Crippen molar-refractivity contribution in [2.75, 3.05) is 11.5 Å². The summed E-state index contributed by atoms with van der Waals surface area (Å²) in [5, 5.41) is 15.0. The maximum absolute atomic E-state index is 12.4. The number of benzene rings is 1. The number of rotatable bonds is 5. The molecule has 0 saturated carbocycles. The Morgan fingerprint density at radius 2 is 2.24 bits per heavy atom. The minimum absolute atomic E-state index is 0.0418. The van der Waals surface area contributed by atoms with Crippen molar-refractivity contribution in [3.63, 3.8) is 0 Å². The summed E-state index contributed by atoms with van der Waals surface area (Å²) < 4.78 is 0. The van der Waals surface area contributed by atoms with Gasteiger partial charge in [0.25, 0.3) is 0 Å². The van der Waals surface area contributed by atoms with E-state index in [0.717, 1.165) is 29.9 Å². The van der Waals surface area contributed by atoms with Crippen LogP contribution in [0.25, 0.3) is 0 Å². The standard InChI is InChI=1S/C15H21N3O2S/c16-14(18-20)13(9-11-5-2-1-3-6-11)15(19)17-12-7-4-8-21-10-12/h1-3,5-6,12-13,20H,4,7-10H2,(H2,16,18)(H,17,19). The van der Waals surface area contributed by atoms with Gasteiger partial charge in [-0.15, -0.1) is 0 Å². The molecule has 0 aliphatic carbocycles. The van der Waals surface area contributed by atoms with E-state index in [1.54, 1.807) is 0 Å². The highest BCUT2D eigenvalue weighted by Crippen LogP contribution is 2.18. The Labute approximate surface area is 129 Å². The fraction of sp³-hybridized carbons (Fsp3) is 0.467. The number of carbonyl (C=O) groups excluding carboxylic acids is 1. The Hall–Kier alpha value is -1.69. The van der Waals surface area contributed by atoms with E-state index in [9.17, 15) is 4.79 Å². The van der Waals surface area contributed by atoms with Gasteiger partial charge in [-0.3, -0.25) is 4.79 Å². The number of hydrogen-bond donors (Lipinski definition) is 3. The molecule has 0 aromatic heterocycles. The lowest BCUT2D eigenvalue weighted by Crippen LogP contribution is -2.46. The van der Waals surface area contributed by atoms with Crippen molar-refractivity contribution in [3.05, 3.63) is 35.9 Å². The number of carbonyl (C=O) groups is 1. The van der Waals surface area contributed by atoms with Crippen LogP contribution in [0.1, 0.15) is 18.4 Å². The quantitative estimate of drug-likeness (QED) is 0.334. The van der Waals surface area contributed by atoms with Crippen molar-refractivity contribution in [2.45, 2.75) is 25.3 Å². The van der Waals surface area contributed by atoms with Gasteiger partial charge in [-0.1, -0.05) is 35.5 Å². The molecule has 1 aromatic rings. The highest BCUT2D eigenvalue weighted by atomic mass is 32.2. The van der Waals surface area contributed by atoms with E-state index in [1.165, 1.54) is 0 Å². The minimum atomic E-state index is -0.635. The van der Waals surface area contributed by atoms with Gasteiger partial charge >= 0.3 is 0 Å². The molecule has 5 nitrogen and oxygen atoms in total. The Morgan fingerprint density at radius 1 is 1.48 bits per heavy atom. The molecule has 1 amide bonds. The molecule has 4 N–H and O–H groups in total. The highest BCUT2D eigenvalue weighted by molar-refractivity contribution is 7.99. The van der Waals surface area contributed by atoms with Crippen molar-refractivity contribution < 1.29 is 10.0 Å². The van der Waals surface area contributed by atoms with E-state index in [0.29, 0.717) is 6.42 Å². The molecule has 1 saturated heterocycles. The average Bonchev–Trinajstić information content (AvgIpc) is 2.53. The van der Waals surface area contributed by atoms with Crippen molar-refractivity contribution in [3.8, 4) is 0 Å². The lowest BCUT2D eigenvalue weighted by molar-refractivity contribution is -0.123. The number of hydrogen-bond acceptors (Lipinski definition) is 4. The van der Waals surface area contributed by atoms with Gasteiger partial charge in [0.15, 0.2) is 5.84 Å². The summed E-state index contributed by atoms with van der Waals surface area (Å²) in [6.45, 7) is 0. The molecular formula is C15H21N3O2S. The molecule has 1 heterocycles. The predicted molar refractivity (Wildman–Crippen MR) is 85.5 cm³/mol. The van der Waals surface area contributed by atoms with Crippen LogP contribution in [-0.4, -0.2) is 34.5 Å². The third-order valence-electron chi connectivity index (χ3n) is 3.58. The van der Waals surface area contributed by atoms with Crippen LogP contribution >= 0.6 is 11.8 Å². The van der Waals surface area contributed by atoms with Crippen molar-refractivity contribution in [1.29, 1.82) is 0 Å². The second-order valence-electron chi connectivity index (χ2n) is 5.19. The maximum Gasteiger partial charge on any atom is 0.231 e. The third kappa shape index (κ3) is 4.67. The first kappa shape index (κ1) is 15.7. The molecule has 0 bridgehead atoms. The summed E-state index contributed by atoms with van der Waals surface area (Å²) in [7, 11) is 0. The van der Waals surface area contributed by atoms with E-state index in [-0.39, 0.29) is 17.8 Å². The first-order chi connectivity index (χ1) is 10.2. The van der Waals surface area contributed by atoms with Crippen LogP contribution in [0.3, 0.4) is 0 Å². The summed E-state index contributed by atoms with van der Waals surface area (Å²) in [6, 6.07) is 9.79. The van der Waals surface area contributed by atoms with Crippen LogP contribution in [0.15, 0.2) is 35.5 Å². The SMILES string of the molecule is N/C(=N/O)C(Cc1ccccc1)C(=O)NC1CCCSC1. The second kappa shape index (κ2) is 7.93. The van der Waals surface area contributed by atoms with Gasteiger partial charge in [-0.2, -0.15) is 11.8 Å². The van der Waals surface area contributed by atoms with Crippen LogP contribution in [0, 0.1) is 5.92 Å². The monoisotopic (exact) mass is 307 g/mol. The zero-order valence-corrected chi connectivity index (χ0v) is 12.7. The van der Waals surface area contributed by atoms with E-state index in [1.807, 2.05) is 42.1 Å². The summed E-state index contributed by atoms with van der Waals surface area (Å²) >= 11 is 1.85. The Balaban J connectivity index is 2.02. The topological polar surface area (TPSA) is 87.7 Å². The molecule has 1 fully saturated rings.